The zero-order chi connectivity index (χ0) is 17.2. The van der Waals surface area contributed by atoms with Gasteiger partial charge in [-0.3, -0.25) is 4.79 Å². The van der Waals surface area contributed by atoms with E-state index in [2.05, 4.69) is 43.3 Å². The Hall–Kier alpha value is -1.87. The van der Waals surface area contributed by atoms with Gasteiger partial charge in [0.05, 0.1) is 4.88 Å². The Morgan fingerprint density at radius 1 is 1.00 bits per heavy atom. The van der Waals surface area contributed by atoms with Gasteiger partial charge in [-0.15, -0.1) is 11.3 Å². The highest BCUT2D eigenvalue weighted by Gasteiger charge is 2.23. The fourth-order valence-electron chi connectivity index (χ4n) is 3.85. The van der Waals surface area contributed by atoms with E-state index in [9.17, 15) is 4.79 Å². The van der Waals surface area contributed by atoms with Crippen LogP contribution in [-0.2, 0) is 0 Å². The van der Waals surface area contributed by atoms with Crippen molar-refractivity contribution in [1.29, 1.82) is 0 Å². The molecule has 2 heterocycles. The average molecular weight is 352 g/mol. The highest BCUT2D eigenvalue weighted by Crippen LogP contribution is 2.34. The van der Waals surface area contributed by atoms with Gasteiger partial charge in [0.1, 0.15) is 0 Å². The fourth-order valence-corrected chi connectivity index (χ4v) is 5.00. The van der Waals surface area contributed by atoms with E-state index in [4.69, 9.17) is 0 Å². The number of benzene rings is 1. The number of amides is 1. The van der Waals surface area contributed by atoms with Crippen LogP contribution in [0.2, 0.25) is 0 Å². The predicted molar refractivity (Wildman–Crippen MR) is 106 cm³/mol. The number of aryl methyl sites for hydroxylation is 1. The first-order valence-corrected chi connectivity index (χ1v) is 10.2. The average Bonchev–Trinajstić information content (AvgIpc) is 3.32. The number of allylic oxidation sites excluding steroid dienone is 2. The van der Waals surface area contributed by atoms with Crippen LogP contribution >= 0.6 is 11.3 Å². The second-order valence-corrected chi connectivity index (χ2v) is 8.23. The third-order valence-electron chi connectivity index (χ3n) is 5.34. The van der Waals surface area contributed by atoms with E-state index in [1.165, 1.54) is 47.3 Å². The summed E-state index contributed by atoms with van der Waals surface area (Å²) in [6.07, 6.45) is 9.71. The number of carbonyl (C=O) groups is 1. The molecule has 25 heavy (non-hydrogen) atoms. The van der Waals surface area contributed by atoms with Gasteiger partial charge in [0.25, 0.3) is 5.91 Å². The van der Waals surface area contributed by atoms with Crippen LogP contribution in [0.4, 0.5) is 0 Å². The molecule has 0 bridgehead atoms. The Morgan fingerprint density at radius 2 is 1.72 bits per heavy atom. The standard InChI is InChI=1S/C22H25NOS/c1-16-15-20(25-21(16)22(24)23-13-5-6-14-23)19-11-9-18(10-12-19)17-7-3-2-4-8-17/h7,9-12,15H,2-6,8,13-14H2,1H3. The van der Waals surface area contributed by atoms with E-state index >= 15 is 0 Å². The Labute approximate surface area is 154 Å². The lowest BCUT2D eigenvalue weighted by Crippen LogP contribution is -2.27. The molecule has 1 aromatic carbocycles. The molecule has 1 aliphatic heterocycles. The number of likely N-dealkylation sites (tertiary alicyclic amines) is 1. The summed E-state index contributed by atoms with van der Waals surface area (Å²) in [7, 11) is 0. The lowest BCUT2D eigenvalue weighted by atomic mass is 9.93. The molecule has 2 aromatic rings. The normalized spacial score (nSPS) is 17.6. The van der Waals surface area contributed by atoms with Crippen LogP contribution in [0.5, 0.6) is 0 Å². The summed E-state index contributed by atoms with van der Waals surface area (Å²) in [5.41, 5.74) is 5.17. The van der Waals surface area contributed by atoms with Crippen molar-refractivity contribution in [3.63, 3.8) is 0 Å². The van der Waals surface area contributed by atoms with Crippen LogP contribution in [0.1, 0.15) is 59.3 Å². The molecule has 1 aliphatic carbocycles. The Morgan fingerprint density at radius 3 is 2.40 bits per heavy atom. The summed E-state index contributed by atoms with van der Waals surface area (Å²) in [5, 5.41) is 0. The summed E-state index contributed by atoms with van der Waals surface area (Å²) in [6, 6.07) is 11.1. The minimum atomic E-state index is 0.218. The van der Waals surface area contributed by atoms with Gasteiger partial charge >= 0.3 is 0 Å². The quantitative estimate of drug-likeness (QED) is 0.672. The minimum Gasteiger partial charge on any atom is -0.338 e. The van der Waals surface area contributed by atoms with E-state index in [1.54, 1.807) is 11.3 Å². The first kappa shape index (κ1) is 16.6. The van der Waals surface area contributed by atoms with Gasteiger partial charge in [-0.25, -0.2) is 0 Å². The van der Waals surface area contributed by atoms with Gasteiger partial charge in [0.15, 0.2) is 0 Å². The molecule has 3 heteroatoms. The molecule has 0 radical (unpaired) electrons. The second-order valence-electron chi connectivity index (χ2n) is 7.17. The van der Waals surface area contributed by atoms with Gasteiger partial charge in [0.2, 0.25) is 0 Å². The lowest BCUT2D eigenvalue weighted by Gasteiger charge is -2.14. The van der Waals surface area contributed by atoms with E-state index in [1.807, 2.05) is 4.90 Å². The molecule has 2 aliphatic rings. The predicted octanol–water partition coefficient (Wildman–Crippen LogP) is 5.92. The first-order chi connectivity index (χ1) is 12.2. The lowest BCUT2D eigenvalue weighted by molar-refractivity contribution is 0.0797. The maximum Gasteiger partial charge on any atom is 0.264 e. The van der Waals surface area contributed by atoms with Crippen molar-refractivity contribution in [3.05, 3.63) is 52.4 Å². The molecule has 0 N–H and O–H groups in total. The van der Waals surface area contributed by atoms with E-state index < -0.39 is 0 Å². The van der Waals surface area contributed by atoms with Crippen molar-refractivity contribution in [2.24, 2.45) is 0 Å². The number of hydrogen-bond acceptors (Lipinski definition) is 2. The van der Waals surface area contributed by atoms with Crippen molar-refractivity contribution < 1.29 is 4.79 Å². The van der Waals surface area contributed by atoms with Crippen molar-refractivity contribution in [3.8, 4) is 10.4 Å². The molecule has 130 valence electrons. The molecule has 0 saturated carbocycles. The Balaban J connectivity index is 1.56. The Kier molecular flexibility index (Phi) is 4.76. The molecular formula is C22H25NOS. The van der Waals surface area contributed by atoms with E-state index in [-0.39, 0.29) is 5.91 Å². The third-order valence-corrected chi connectivity index (χ3v) is 6.61. The molecule has 1 saturated heterocycles. The summed E-state index contributed by atoms with van der Waals surface area (Å²) >= 11 is 1.64. The number of thiophene rings is 1. The molecule has 1 fully saturated rings. The van der Waals surface area contributed by atoms with Crippen molar-refractivity contribution in [1.82, 2.24) is 4.90 Å². The smallest absolute Gasteiger partial charge is 0.264 e. The maximum atomic E-state index is 12.7. The van der Waals surface area contributed by atoms with Gasteiger partial charge < -0.3 is 4.90 Å². The molecule has 1 aromatic heterocycles. The monoisotopic (exact) mass is 351 g/mol. The van der Waals surface area contributed by atoms with Gasteiger partial charge in [0, 0.05) is 18.0 Å². The van der Waals surface area contributed by atoms with Gasteiger partial charge in [-0.1, -0.05) is 30.3 Å². The van der Waals surface area contributed by atoms with Gasteiger partial charge in [-0.2, -0.15) is 0 Å². The van der Waals surface area contributed by atoms with Crippen molar-refractivity contribution in [2.75, 3.05) is 13.1 Å². The molecule has 2 nitrogen and oxygen atoms in total. The highest BCUT2D eigenvalue weighted by atomic mass is 32.1. The van der Waals surface area contributed by atoms with Crippen LogP contribution in [0, 0.1) is 6.92 Å². The molecule has 0 atom stereocenters. The number of rotatable bonds is 3. The number of carbonyl (C=O) groups excluding carboxylic acids is 1. The minimum absolute atomic E-state index is 0.218. The maximum absolute atomic E-state index is 12.7. The van der Waals surface area contributed by atoms with Crippen LogP contribution < -0.4 is 0 Å². The largest absolute Gasteiger partial charge is 0.338 e. The molecule has 1 amide bonds. The summed E-state index contributed by atoms with van der Waals surface area (Å²) < 4.78 is 0. The second kappa shape index (κ2) is 7.17. The molecule has 0 unspecified atom stereocenters. The van der Waals surface area contributed by atoms with Crippen LogP contribution in [-0.4, -0.2) is 23.9 Å². The van der Waals surface area contributed by atoms with Gasteiger partial charge in [-0.05, 0) is 73.8 Å². The molecular weight excluding hydrogens is 326 g/mol. The topological polar surface area (TPSA) is 20.3 Å². The van der Waals surface area contributed by atoms with Crippen LogP contribution in [0.25, 0.3) is 16.0 Å². The first-order valence-electron chi connectivity index (χ1n) is 9.42. The summed E-state index contributed by atoms with van der Waals surface area (Å²) in [5.74, 6) is 0.218. The zero-order valence-corrected chi connectivity index (χ0v) is 15.7. The number of hydrogen-bond donors (Lipinski definition) is 0. The molecule has 4 rings (SSSR count). The van der Waals surface area contributed by atoms with Crippen LogP contribution in [0.3, 0.4) is 0 Å². The SMILES string of the molecule is Cc1cc(-c2ccc(C3=CCCCC3)cc2)sc1C(=O)N1CCCC1. The number of nitrogens with zero attached hydrogens (tertiary/aromatic N) is 1. The summed E-state index contributed by atoms with van der Waals surface area (Å²) in [6.45, 7) is 3.88. The molecule has 0 spiro atoms. The highest BCUT2D eigenvalue weighted by molar-refractivity contribution is 7.17. The zero-order valence-electron chi connectivity index (χ0n) is 14.9. The summed E-state index contributed by atoms with van der Waals surface area (Å²) in [4.78, 5) is 16.8. The Bertz CT molecular complexity index is 794. The van der Waals surface area contributed by atoms with Crippen molar-refractivity contribution in [2.45, 2.75) is 45.4 Å². The third kappa shape index (κ3) is 3.43. The van der Waals surface area contributed by atoms with E-state index in [0.29, 0.717) is 0 Å². The van der Waals surface area contributed by atoms with Crippen molar-refractivity contribution >= 4 is 22.8 Å². The van der Waals surface area contributed by atoms with E-state index in [0.717, 1.165) is 36.4 Å². The fraction of sp³-hybridized carbons (Fsp3) is 0.409. The van der Waals surface area contributed by atoms with Crippen LogP contribution in [0.15, 0.2) is 36.4 Å².